The predicted octanol–water partition coefficient (Wildman–Crippen LogP) is 2.74. The van der Waals surface area contributed by atoms with Gasteiger partial charge in [0.25, 0.3) is 0 Å². The zero-order chi connectivity index (χ0) is 16.1. The fourth-order valence-corrected chi connectivity index (χ4v) is 1.89. The van der Waals surface area contributed by atoms with Crippen molar-refractivity contribution in [1.29, 1.82) is 0 Å². The maximum absolute atomic E-state index is 12.0. The van der Waals surface area contributed by atoms with Crippen molar-refractivity contribution in [1.82, 2.24) is 0 Å². The van der Waals surface area contributed by atoms with E-state index in [-0.39, 0.29) is 12.4 Å². The third kappa shape index (κ3) is 3.28. The molecule has 0 atom stereocenters. The van der Waals surface area contributed by atoms with Crippen LogP contribution in [0, 0.1) is 6.92 Å². The number of benzene rings is 1. The molecule has 116 valence electrons. The van der Waals surface area contributed by atoms with Crippen molar-refractivity contribution in [3.63, 3.8) is 0 Å². The molecule has 1 heterocycles. The van der Waals surface area contributed by atoms with E-state index in [0.29, 0.717) is 16.9 Å². The van der Waals surface area contributed by atoms with Crippen molar-refractivity contribution >= 4 is 11.9 Å². The standard InChI is InChI=1S/C16H16O6/c1-10-4-5-11(8-13(10)19-2)15(17)22-9-12-6-7-21-14(12)16(18)20-3/h4-8H,9H2,1-3H3. The maximum atomic E-state index is 12.0. The van der Waals surface area contributed by atoms with E-state index in [9.17, 15) is 9.59 Å². The summed E-state index contributed by atoms with van der Waals surface area (Å²) in [6.45, 7) is 1.79. The van der Waals surface area contributed by atoms with Crippen LogP contribution in [0.5, 0.6) is 5.75 Å². The van der Waals surface area contributed by atoms with Gasteiger partial charge in [0.2, 0.25) is 5.76 Å². The lowest BCUT2D eigenvalue weighted by Gasteiger charge is -2.08. The molecular formula is C16H16O6. The van der Waals surface area contributed by atoms with Gasteiger partial charge in [0.1, 0.15) is 12.4 Å². The SMILES string of the molecule is COC(=O)c1occc1COC(=O)c1ccc(C)c(OC)c1. The molecule has 0 spiro atoms. The normalized spacial score (nSPS) is 10.1. The molecule has 0 aliphatic heterocycles. The number of aryl methyl sites for hydroxylation is 1. The van der Waals surface area contributed by atoms with E-state index in [1.54, 1.807) is 24.3 Å². The van der Waals surface area contributed by atoms with Crippen molar-refractivity contribution in [2.75, 3.05) is 14.2 Å². The summed E-state index contributed by atoms with van der Waals surface area (Å²) in [6, 6.07) is 6.58. The molecule has 2 rings (SSSR count). The molecule has 0 N–H and O–H groups in total. The molecule has 0 saturated heterocycles. The molecule has 6 heteroatoms. The highest BCUT2D eigenvalue weighted by Crippen LogP contribution is 2.20. The summed E-state index contributed by atoms with van der Waals surface area (Å²) >= 11 is 0. The first-order valence-electron chi connectivity index (χ1n) is 6.53. The van der Waals surface area contributed by atoms with Gasteiger partial charge in [0, 0.05) is 5.56 Å². The van der Waals surface area contributed by atoms with Crippen LogP contribution in [0.25, 0.3) is 0 Å². The Hall–Kier alpha value is -2.76. The molecule has 0 bridgehead atoms. The number of carbonyl (C=O) groups is 2. The van der Waals surface area contributed by atoms with Crippen LogP contribution in [0.4, 0.5) is 0 Å². The number of carbonyl (C=O) groups excluding carboxylic acids is 2. The molecule has 22 heavy (non-hydrogen) atoms. The van der Waals surface area contributed by atoms with E-state index in [0.717, 1.165) is 5.56 Å². The Labute approximate surface area is 127 Å². The minimum Gasteiger partial charge on any atom is -0.496 e. The summed E-state index contributed by atoms with van der Waals surface area (Å²) in [6.07, 6.45) is 1.34. The highest BCUT2D eigenvalue weighted by atomic mass is 16.5. The zero-order valence-electron chi connectivity index (χ0n) is 12.5. The molecule has 0 aliphatic carbocycles. The van der Waals surface area contributed by atoms with Gasteiger partial charge in [-0.1, -0.05) is 6.07 Å². The third-order valence-corrected chi connectivity index (χ3v) is 3.12. The summed E-state index contributed by atoms with van der Waals surface area (Å²) in [5.74, 6) is -0.506. The summed E-state index contributed by atoms with van der Waals surface area (Å²) < 4.78 is 20.0. The average Bonchev–Trinajstić information content (AvgIpc) is 3.00. The highest BCUT2D eigenvalue weighted by molar-refractivity contribution is 5.90. The minimum atomic E-state index is -0.618. The largest absolute Gasteiger partial charge is 0.496 e. The summed E-state index contributed by atoms with van der Waals surface area (Å²) in [5, 5.41) is 0. The molecule has 0 amide bonds. The van der Waals surface area contributed by atoms with Gasteiger partial charge in [0.05, 0.1) is 26.0 Å². The summed E-state index contributed by atoms with van der Waals surface area (Å²) in [5.41, 5.74) is 1.73. The molecule has 2 aromatic rings. The van der Waals surface area contributed by atoms with Crippen LogP contribution in [-0.4, -0.2) is 26.2 Å². The zero-order valence-corrected chi connectivity index (χ0v) is 12.5. The van der Waals surface area contributed by atoms with Crippen molar-refractivity contribution in [2.24, 2.45) is 0 Å². The average molecular weight is 304 g/mol. The first kappa shape index (κ1) is 15.6. The Bertz CT molecular complexity index is 686. The van der Waals surface area contributed by atoms with E-state index in [1.807, 2.05) is 6.92 Å². The molecular weight excluding hydrogens is 288 g/mol. The Morgan fingerprint density at radius 2 is 1.91 bits per heavy atom. The third-order valence-electron chi connectivity index (χ3n) is 3.12. The van der Waals surface area contributed by atoms with E-state index >= 15 is 0 Å². The smallest absolute Gasteiger partial charge is 0.374 e. The van der Waals surface area contributed by atoms with Crippen molar-refractivity contribution < 1.29 is 28.2 Å². The van der Waals surface area contributed by atoms with Crippen LogP contribution in [0.2, 0.25) is 0 Å². The first-order chi connectivity index (χ1) is 10.6. The predicted molar refractivity (Wildman–Crippen MR) is 76.9 cm³/mol. The fraction of sp³-hybridized carbons (Fsp3) is 0.250. The Morgan fingerprint density at radius 3 is 2.59 bits per heavy atom. The molecule has 6 nitrogen and oxygen atoms in total. The van der Waals surface area contributed by atoms with Crippen LogP contribution < -0.4 is 4.74 Å². The second-order valence-electron chi connectivity index (χ2n) is 4.53. The van der Waals surface area contributed by atoms with Gasteiger partial charge in [-0.25, -0.2) is 9.59 Å². The molecule has 0 saturated carbocycles. The number of methoxy groups -OCH3 is 2. The summed E-state index contributed by atoms with van der Waals surface area (Å²) in [4.78, 5) is 23.5. The van der Waals surface area contributed by atoms with Crippen LogP contribution in [0.15, 0.2) is 34.9 Å². The number of esters is 2. The van der Waals surface area contributed by atoms with Crippen LogP contribution in [0.3, 0.4) is 0 Å². The monoisotopic (exact) mass is 304 g/mol. The molecule has 0 fully saturated rings. The van der Waals surface area contributed by atoms with Gasteiger partial charge in [-0.05, 0) is 30.7 Å². The van der Waals surface area contributed by atoms with Crippen molar-refractivity contribution in [3.8, 4) is 5.75 Å². The van der Waals surface area contributed by atoms with Crippen LogP contribution in [0.1, 0.15) is 32.0 Å². The molecule has 0 radical (unpaired) electrons. The van der Waals surface area contributed by atoms with Crippen LogP contribution in [-0.2, 0) is 16.1 Å². The number of ether oxygens (including phenoxy) is 3. The second kappa shape index (κ2) is 6.80. The summed E-state index contributed by atoms with van der Waals surface area (Å²) in [7, 11) is 2.78. The van der Waals surface area contributed by atoms with Crippen LogP contribution >= 0.6 is 0 Å². The lowest BCUT2D eigenvalue weighted by atomic mass is 10.1. The quantitative estimate of drug-likeness (QED) is 0.791. The molecule has 1 aromatic carbocycles. The van der Waals surface area contributed by atoms with Gasteiger partial charge in [-0.2, -0.15) is 0 Å². The van der Waals surface area contributed by atoms with Gasteiger partial charge in [-0.3, -0.25) is 0 Å². The van der Waals surface area contributed by atoms with E-state index in [4.69, 9.17) is 13.9 Å². The van der Waals surface area contributed by atoms with E-state index in [1.165, 1.54) is 20.5 Å². The molecule has 1 aromatic heterocycles. The fourth-order valence-electron chi connectivity index (χ4n) is 1.89. The van der Waals surface area contributed by atoms with E-state index < -0.39 is 11.9 Å². The number of hydrogen-bond acceptors (Lipinski definition) is 6. The van der Waals surface area contributed by atoms with Gasteiger partial charge in [-0.15, -0.1) is 0 Å². The number of hydrogen-bond donors (Lipinski definition) is 0. The van der Waals surface area contributed by atoms with Crippen molar-refractivity contribution in [3.05, 3.63) is 53.0 Å². The van der Waals surface area contributed by atoms with Gasteiger partial charge < -0.3 is 18.6 Å². The van der Waals surface area contributed by atoms with Gasteiger partial charge in [0.15, 0.2) is 0 Å². The second-order valence-corrected chi connectivity index (χ2v) is 4.53. The lowest BCUT2D eigenvalue weighted by Crippen LogP contribution is -2.08. The molecule has 0 aliphatic rings. The highest BCUT2D eigenvalue weighted by Gasteiger charge is 2.18. The Kier molecular flexibility index (Phi) is 4.83. The maximum Gasteiger partial charge on any atom is 0.374 e. The Balaban J connectivity index is 2.07. The first-order valence-corrected chi connectivity index (χ1v) is 6.53. The number of rotatable bonds is 5. The Morgan fingerprint density at radius 1 is 1.14 bits per heavy atom. The topological polar surface area (TPSA) is 75.0 Å². The minimum absolute atomic E-state index is 0.0248. The lowest BCUT2D eigenvalue weighted by molar-refractivity contribution is 0.0453. The van der Waals surface area contributed by atoms with Gasteiger partial charge >= 0.3 is 11.9 Å². The number of furan rings is 1. The van der Waals surface area contributed by atoms with Crippen molar-refractivity contribution in [2.45, 2.75) is 13.5 Å². The van der Waals surface area contributed by atoms with E-state index in [2.05, 4.69) is 4.74 Å². The molecule has 0 unspecified atom stereocenters.